The van der Waals surface area contributed by atoms with Gasteiger partial charge in [-0.1, -0.05) is 0 Å². The summed E-state index contributed by atoms with van der Waals surface area (Å²) in [5.74, 6) is -0.0395. The molecule has 0 aliphatic carbocycles. The van der Waals surface area contributed by atoms with E-state index in [-0.39, 0.29) is 18.1 Å². The molecule has 0 bridgehead atoms. The predicted octanol–water partition coefficient (Wildman–Crippen LogP) is 1.34. The molecular weight excluding hydrogens is 310 g/mol. The standard InChI is InChI=1S/C17H23N3O4/c18-14-5-3-13(4-6-14)16(21)19-7-9-20(10-8-19)17(22)24-12-15-2-1-11-23-15/h3-6,15H,1-2,7-12,18H2. The summed E-state index contributed by atoms with van der Waals surface area (Å²) in [5.41, 5.74) is 6.88. The molecule has 2 N–H and O–H groups in total. The Morgan fingerprint density at radius 2 is 1.79 bits per heavy atom. The molecule has 130 valence electrons. The number of hydrogen-bond acceptors (Lipinski definition) is 5. The predicted molar refractivity (Wildman–Crippen MR) is 88.7 cm³/mol. The van der Waals surface area contributed by atoms with Gasteiger partial charge >= 0.3 is 6.09 Å². The molecule has 0 saturated carbocycles. The largest absolute Gasteiger partial charge is 0.447 e. The summed E-state index contributed by atoms with van der Waals surface area (Å²) >= 11 is 0. The molecule has 3 rings (SSSR count). The summed E-state index contributed by atoms with van der Waals surface area (Å²) in [7, 11) is 0. The van der Waals surface area contributed by atoms with Crippen LogP contribution in [0.15, 0.2) is 24.3 Å². The number of carbonyl (C=O) groups is 2. The minimum Gasteiger partial charge on any atom is -0.447 e. The van der Waals surface area contributed by atoms with Crippen LogP contribution in [0.25, 0.3) is 0 Å². The van der Waals surface area contributed by atoms with Gasteiger partial charge in [-0.05, 0) is 37.1 Å². The molecule has 1 aromatic carbocycles. The molecule has 7 nitrogen and oxygen atoms in total. The van der Waals surface area contributed by atoms with Gasteiger partial charge in [0.15, 0.2) is 0 Å². The van der Waals surface area contributed by atoms with Crippen LogP contribution < -0.4 is 5.73 Å². The van der Waals surface area contributed by atoms with Crippen molar-refractivity contribution >= 4 is 17.7 Å². The maximum absolute atomic E-state index is 12.4. The molecule has 24 heavy (non-hydrogen) atoms. The first-order valence-electron chi connectivity index (χ1n) is 8.31. The zero-order valence-corrected chi connectivity index (χ0v) is 13.6. The van der Waals surface area contributed by atoms with E-state index in [0.29, 0.717) is 44.0 Å². The molecule has 1 aromatic rings. The topological polar surface area (TPSA) is 85.1 Å². The number of nitrogen functional groups attached to an aromatic ring is 1. The van der Waals surface area contributed by atoms with E-state index in [1.807, 2.05) is 0 Å². The van der Waals surface area contributed by atoms with Gasteiger partial charge in [-0.2, -0.15) is 0 Å². The molecule has 2 amide bonds. The van der Waals surface area contributed by atoms with Crippen molar-refractivity contribution in [2.75, 3.05) is 45.1 Å². The second-order valence-electron chi connectivity index (χ2n) is 6.11. The molecule has 2 aliphatic heterocycles. The van der Waals surface area contributed by atoms with Crippen molar-refractivity contribution < 1.29 is 19.1 Å². The monoisotopic (exact) mass is 333 g/mol. The van der Waals surface area contributed by atoms with Crippen LogP contribution in [0.2, 0.25) is 0 Å². The van der Waals surface area contributed by atoms with Gasteiger partial charge in [0.2, 0.25) is 0 Å². The fraction of sp³-hybridized carbons (Fsp3) is 0.529. The average molecular weight is 333 g/mol. The molecule has 2 fully saturated rings. The molecule has 1 unspecified atom stereocenters. The lowest BCUT2D eigenvalue weighted by atomic mass is 10.1. The lowest BCUT2D eigenvalue weighted by Gasteiger charge is -2.34. The summed E-state index contributed by atoms with van der Waals surface area (Å²) in [6.45, 7) is 3.00. The Labute approximate surface area is 141 Å². The van der Waals surface area contributed by atoms with E-state index in [9.17, 15) is 9.59 Å². The summed E-state index contributed by atoms with van der Waals surface area (Å²) in [6.07, 6.45) is 1.66. The number of nitrogens with two attached hydrogens (primary N) is 1. The minimum atomic E-state index is -0.329. The number of piperazine rings is 1. The van der Waals surface area contributed by atoms with Crippen LogP contribution in [0.1, 0.15) is 23.2 Å². The van der Waals surface area contributed by atoms with Gasteiger partial charge in [-0.25, -0.2) is 4.79 Å². The van der Waals surface area contributed by atoms with Crippen LogP contribution in [0.5, 0.6) is 0 Å². The zero-order valence-electron chi connectivity index (χ0n) is 13.6. The SMILES string of the molecule is Nc1ccc(C(=O)N2CCN(C(=O)OCC3CCCO3)CC2)cc1. The highest BCUT2D eigenvalue weighted by atomic mass is 16.6. The van der Waals surface area contributed by atoms with Gasteiger partial charge in [0.05, 0.1) is 6.10 Å². The van der Waals surface area contributed by atoms with Crippen molar-refractivity contribution in [2.45, 2.75) is 18.9 Å². The Hall–Kier alpha value is -2.28. The molecule has 2 aliphatic rings. The fourth-order valence-electron chi connectivity index (χ4n) is 2.93. The number of hydrogen-bond donors (Lipinski definition) is 1. The van der Waals surface area contributed by atoms with Crippen molar-refractivity contribution in [2.24, 2.45) is 0 Å². The van der Waals surface area contributed by atoms with Gasteiger partial charge < -0.3 is 25.0 Å². The highest BCUT2D eigenvalue weighted by molar-refractivity contribution is 5.94. The number of amides is 2. The van der Waals surface area contributed by atoms with Crippen molar-refractivity contribution in [3.63, 3.8) is 0 Å². The second kappa shape index (κ2) is 7.53. The van der Waals surface area contributed by atoms with Gasteiger partial charge in [0.1, 0.15) is 6.61 Å². The molecule has 0 spiro atoms. The Bertz CT molecular complexity index is 576. The highest BCUT2D eigenvalue weighted by Gasteiger charge is 2.26. The lowest BCUT2D eigenvalue weighted by Crippen LogP contribution is -2.51. The lowest BCUT2D eigenvalue weighted by molar-refractivity contribution is 0.0225. The fourth-order valence-corrected chi connectivity index (χ4v) is 2.93. The number of rotatable bonds is 3. The Balaban J connectivity index is 1.45. The first kappa shape index (κ1) is 16.6. The van der Waals surface area contributed by atoms with E-state index in [4.69, 9.17) is 15.2 Å². The highest BCUT2D eigenvalue weighted by Crippen LogP contribution is 2.14. The van der Waals surface area contributed by atoms with E-state index in [1.165, 1.54) is 0 Å². The maximum Gasteiger partial charge on any atom is 0.409 e. The maximum atomic E-state index is 12.4. The Kier molecular flexibility index (Phi) is 5.20. The van der Waals surface area contributed by atoms with Gasteiger partial charge in [0.25, 0.3) is 5.91 Å². The van der Waals surface area contributed by atoms with E-state index < -0.39 is 0 Å². The molecule has 1 atom stereocenters. The van der Waals surface area contributed by atoms with E-state index in [1.54, 1.807) is 34.1 Å². The van der Waals surface area contributed by atoms with E-state index in [0.717, 1.165) is 19.4 Å². The summed E-state index contributed by atoms with van der Waals surface area (Å²) < 4.78 is 10.7. The van der Waals surface area contributed by atoms with Crippen LogP contribution in [-0.4, -0.2) is 67.3 Å². The number of anilines is 1. The molecule has 2 heterocycles. The van der Waals surface area contributed by atoms with Crippen molar-refractivity contribution in [3.8, 4) is 0 Å². The van der Waals surface area contributed by atoms with Crippen molar-refractivity contribution in [1.82, 2.24) is 9.80 Å². The van der Waals surface area contributed by atoms with Crippen molar-refractivity contribution in [3.05, 3.63) is 29.8 Å². The number of benzene rings is 1. The van der Waals surface area contributed by atoms with E-state index >= 15 is 0 Å². The van der Waals surface area contributed by atoms with Crippen LogP contribution in [-0.2, 0) is 9.47 Å². The second-order valence-corrected chi connectivity index (χ2v) is 6.11. The smallest absolute Gasteiger partial charge is 0.409 e. The third-order valence-electron chi connectivity index (χ3n) is 4.40. The van der Waals surface area contributed by atoms with Gasteiger partial charge in [-0.15, -0.1) is 0 Å². The normalized spacial score (nSPS) is 20.9. The van der Waals surface area contributed by atoms with Crippen LogP contribution >= 0.6 is 0 Å². The molecule has 2 saturated heterocycles. The molecule has 0 radical (unpaired) electrons. The Morgan fingerprint density at radius 3 is 2.42 bits per heavy atom. The third-order valence-corrected chi connectivity index (χ3v) is 4.40. The summed E-state index contributed by atoms with van der Waals surface area (Å²) in [4.78, 5) is 27.9. The van der Waals surface area contributed by atoms with Crippen LogP contribution in [0, 0.1) is 0 Å². The number of ether oxygens (including phenoxy) is 2. The van der Waals surface area contributed by atoms with E-state index in [2.05, 4.69) is 0 Å². The number of nitrogens with zero attached hydrogens (tertiary/aromatic N) is 2. The van der Waals surface area contributed by atoms with Gasteiger partial charge in [0, 0.05) is 44.0 Å². The first-order chi connectivity index (χ1) is 11.6. The third kappa shape index (κ3) is 3.97. The average Bonchev–Trinajstić information content (AvgIpc) is 3.13. The molecule has 7 heteroatoms. The molecular formula is C17H23N3O4. The minimum absolute atomic E-state index is 0.0299. The van der Waals surface area contributed by atoms with Crippen LogP contribution in [0.3, 0.4) is 0 Å². The van der Waals surface area contributed by atoms with Crippen molar-refractivity contribution in [1.29, 1.82) is 0 Å². The summed E-state index contributed by atoms with van der Waals surface area (Å²) in [5, 5.41) is 0. The summed E-state index contributed by atoms with van der Waals surface area (Å²) in [6, 6.07) is 6.87. The number of carbonyl (C=O) groups excluding carboxylic acids is 2. The first-order valence-corrected chi connectivity index (χ1v) is 8.31. The Morgan fingerprint density at radius 1 is 1.12 bits per heavy atom. The quantitative estimate of drug-likeness (QED) is 0.844. The zero-order chi connectivity index (χ0) is 16.9. The van der Waals surface area contributed by atoms with Gasteiger partial charge in [-0.3, -0.25) is 4.79 Å². The molecule has 0 aromatic heterocycles. The van der Waals surface area contributed by atoms with Crippen LogP contribution in [0.4, 0.5) is 10.5 Å².